The molecule has 26 heavy (non-hydrogen) atoms. The summed E-state index contributed by atoms with van der Waals surface area (Å²) in [5, 5.41) is 2.67. The van der Waals surface area contributed by atoms with E-state index in [-0.39, 0.29) is 17.2 Å². The van der Waals surface area contributed by atoms with Crippen LogP contribution in [0.25, 0.3) is 0 Å². The second kappa shape index (κ2) is 7.25. The summed E-state index contributed by atoms with van der Waals surface area (Å²) < 4.78 is 39.6. The van der Waals surface area contributed by atoms with Crippen molar-refractivity contribution in [3.63, 3.8) is 0 Å². The van der Waals surface area contributed by atoms with Crippen LogP contribution >= 0.6 is 0 Å². The van der Waals surface area contributed by atoms with Gasteiger partial charge in [-0.3, -0.25) is 14.5 Å². The van der Waals surface area contributed by atoms with E-state index in [0.29, 0.717) is 30.1 Å². The zero-order valence-electron chi connectivity index (χ0n) is 14.1. The summed E-state index contributed by atoms with van der Waals surface area (Å²) in [6, 6.07) is 10.8. The normalized spacial score (nSPS) is 16.2. The van der Waals surface area contributed by atoms with Crippen LogP contribution in [-0.4, -0.2) is 26.7 Å². The van der Waals surface area contributed by atoms with E-state index in [0.717, 1.165) is 5.56 Å². The van der Waals surface area contributed by atoms with Crippen molar-refractivity contribution in [2.75, 3.05) is 11.9 Å². The van der Waals surface area contributed by atoms with Gasteiger partial charge >= 0.3 is 0 Å². The zero-order chi connectivity index (χ0) is 18.7. The van der Waals surface area contributed by atoms with Crippen LogP contribution in [0.2, 0.25) is 0 Å². The number of carbonyl (C=O) groups excluding carboxylic acids is 1. The highest BCUT2D eigenvalue weighted by atomic mass is 32.2. The standard InChI is InChI=1S/C18H18FN3O3S/c1-12-8-9-13(19)11-15(12)21-17(23)7-4-10-20-18-14-5-2-3-6-16(14)26(24,25)22-18/h2-3,5-6,8-9,11H,4,7,10H2,1H3,(H,20,22)(H,21,23). The number of rotatable bonds is 5. The lowest BCUT2D eigenvalue weighted by atomic mass is 10.2. The van der Waals surface area contributed by atoms with Crippen LogP contribution in [0, 0.1) is 12.7 Å². The fourth-order valence-corrected chi connectivity index (χ4v) is 3.87. The maximum atomic E-state index is 13.2. The molecule has 0 unspecified atom stereocenters. The summed E-state index contributed by atoms with van der Waals surface area (Å²) in [5.74, 6) is -0.363. The molecule has 0 bridgehead atoms. The quantitative estimate of drug-likeness (QED) is 0.788. The minimum Gasteiger partial charge on any atom is -0.326 e. The summed E-state index contributed by atoms with van der Waals surface area (Å²) in [5.41, 5.74) is 1.75. The second-order valence-electron chi connectivity index (χ2n) is 5.94. The van der Waals surface area contributed by atoms with E-state index in [2.05, 4.69) is 15.0 Å². The monoisotopic (exact) mass is 375 g/mol. The SMILES string of the molecule is Cc1ccc(F)cc1NC(=O)CCCN=C1NS(=O)(=O)c2ccccc21. The van der Waals surface area contributed by atoms with Crippen molar-refractivity contribution in [3.8, 4) is 0 Å². The minimum atomic E-state index is -3.55. The van der Waals surface area contributed by atoms with E-state index in [1.165, 1.54) is 18.2 Å². The lowest BCUT2D eigenvalue weighted by Crippen LogP contribution is -2.22. The Morgan fingerprint density at radius 2 is 2.00 bits per heavy atom. The van der Waals surface area contributed by atoms with Gasteiger partial charge in [0.2, 0.25) is 5.91 Å². The Balaban J connectivity index is 1.57. The van der Waals surface area contributed by atoms with Gasteiger partial charge in [0.25, 0.3) is 10.0 Å². The van der Waals surface area contributed by atoms with Crippen LogP contribution in [0.15, 0.2) is 52.4 Å². The number of carbonyl (C=O) groups is 1. The number of hydrogen-bond donors (Lipinski definition) is 2. The third-order valence-corrected chi connectivity index (χ3v) is 5.37. The molecule has 1 heterocycles. The molecule has 0 spiro atoms. The van der Waals surface area contributed by atoms with Gasteiger partial charge in [-0.2, -0.15) is 0 Å². The molecular formula is C18H18FN3O3S. The van der Waals surface area contributed by atoms with Crippen molar-refractivity contribution in [1.82, 2.24) is 4.72 Å². The number of sulfonamides is 1. The van der Waals surface area contributed by atoms with E-state index in [4.69, 9.17) is 0 Å². The number of aliphatic imine (C=N–C) groups is 1. The number of hydrogen-bond acceptors (Lipinski definition) is 4. The molecule has 2 N–H and O–H groups in total. The first kappa shape index (κ1) is 18.1. The fourth-order valence-electron chi connectivity index (χ4n) is 2.62. The van der Waals surface area contributed by atoms with Crippen molar-refractivity contribution in [3.05, 3.63) is 59.4 Å². The number of benzene rings is 2. The Morgan fingerprint density at radius 3 is 2.81 bits per heavy atom. The third-order valence-electron chi connectivity index (χ3n) is 3.97. The van der Waals surface area contributed by atoms with E-state index in [1.54, 1.807) is 31.2 Å². The minimum absolute atomic E-state index is 0.196. The Morgan fingerprint density at radius 1 is 1.23 bits per heavy atom. The molecule has 0 saturated carbocycles. The second-order valence-corrected chi connectivity index (χ2v) is 7.59. The lowest BCUT2D eigenvalue weighted by molar-refractivity contribution is -0.116. The molecule has 0 saturated heterocycles. The van der Waals surface area contributed by atoms with Crippen molar-refractivity contribution in [1.29, 1.82) is 0 Å². The van der Waals surface area contributed by atoms with Gasteiger partial charge < -0.3 is 5.32 Å². The van der Waals surface area contributed by atoms with Gasteiger partial charge in [-0.1, -0.05) is 18.2 Å². The number of aryl methyl sites for hydroxylation is 1. The molecule has 8 heteroatoms. The molecule has 1 aliphatic heterocycles. The van der Waals surface area contributed by atoms with Gasteiger partial charge in [-0.05, 0) is 43.2 Å². The van der Waals surface area contributed by atoms with Gasteiger partial charge in [0.05, 0.1) is 4.90 Å². The summed E-state index contributed by atoms with van der Waals surface area (Å²) >= 11 is 0. The first-order valence-electron chi connectivity index (χ1n) is 8.09. The molecule has 0 atom stereocenters. The molecule has 1 aliphatic rings. The van der Waals surface area contributed by atoms with E-state index in [9.17, 15) is 17.6 Å². The maximum absolute atomic E-state index is 13.2. The van der Waals surface area contributed by atoms with Crippen LogP contribution in [0.5, 0.6) is 0 Å². The molecule has 0 fully saturated rings. The fraction of sp³-hybridized carbons (Fsp3) is 0.222. The number of amides is 1. The number of nitrogens with zero attached hydrogens (tertiary/aromatic N) is 1. The highest BCUT2D eigenvalue weighted by molar-refractivity contribution is 7.90. The van der Waals surface area contributed by atoms with Gasteiger partial charge in [0, 0.05) is 24.2 Å². The average molecular weight is 375 g/mol. The molecule has 2 aromatic carbocycles. The van der Waals surface area contributed by atoms with Crippen molar-refractivity contribution < 1.29 is 17.6 Å². The smallest absolute Gasteiger partial charge is 0.263 e. The predicted octanol–water partition coefficient (Wildman–Crippen LogP) is 2.59. The molecule has 2 aromatic rings. The predicted molar refractivity (Wildman–Crippen MR) is 97.2 cm³/mol. The summed E-state index contributed by atoms with van der Waals surface area (Å²) in [6.45, 7) is 2.08. The summed E-state index contributed by atoms with van der Waals surface area (Å²) in [6.07, 6.45) is 0.634. The lowest BCUT2D eigenvalue weighted by Gasteiger charge is -2.08. The van der Waals surface area contributed by atoms with Gasteiger partial charge in [-0.15, -0.1) is 0 Å². The highest BCUT2D eigenvalue weighted by Crippen LogP contribution is 2.22. The zero-order valence-corrected chi connectivity index (χ0v) is 14.9. The molecule has 3 rings (SSSR count). The van der Waals surface area contributed by atoms with E-state index in [1.807, 2.05) is 0 Å². The van der Waals surface area contributed by atoms with Crippen molar-refractivity contribution in [2.24, 2.45) is 4.99 Å². The number of anilines is 1. The number of amidine groups is 1. The molecule has 1 amide bonds. The van der Waals surface area contributed by atoms with Crippen LogP contribution in [0.3, 0.4) is 0 Å². The van der Waals surface area contributed by atoms with Crippen molar-refractivity contribution >= 4 is 27.5 Å². The molecule has 0 aliphatic carbocycles. The number of halogens is 1. The van der Waals surface area contributed by atoms with Crippen LogP contribution in [-0.2, 0) is 14.8 Å². The van der Waals surface area contributed by atoms with Crippen molar-refractivity contribution in [2.45, 2.75) is 24.7 Å². The third kappa shape index (κ3) is 3.91. The first-order chi connectivity index (χ1) is 12.4. The largest absolute Gasteiger partial charge is 0.326 e. The van der Waals surface area contributed by atoms with Gasteiger partial charge in [-0.25, -0.2) is 12.8 Å². The van der Waals surface area contributed by atoms with Gasteiger partial charge in [0.1, 0.15) is 11.7 Å². The van der Waals surface area contributed by atoms with Crippen LogP contribution in [0.1, 0.15) is 24.0 Å². The molecular weight excluding hydrogens is 357 g/mol. The molecule has 136 valence electrons. The van der Waals surface area contributed by atoms with E-state index < -0.39 is 15.8 Å². The Labute approximate surface area is 151 Å². The molecule has 6 nitrogen and oxygen atoms in total. The highest BCUT2D eigenvalue weighted by Gasteiger charge is 2.29. The van der Waals surface area contributed by atoms with Gasteiger partial charge in [0.15, 0.2) is 0 Å². The summed E-state index contributed by atoms with van der Waals surface area (Å²) in [7, 11) is -3.55. The van der Waals surface area contributed by atoms with Crippen LogP contribution in [0.4, 0.5) is 10.1 Å². The number of fused-ring (bicyclic) bond motifs is 1. The van der Waals surface area contributed by atoms with Crippen LogP contribution < -0.4 is 10.0 Å². The maximum Gasteiger partial charge on any atom is 0.263 e. The number of nitrogens with one attached hydrogen (secondary N) is 2. The summed E-state index contributed by atoms with van der Waals surface area (Å²) in [4.78, 5) is 16.4. The Bertz CT molecular complexity index is 987. The Kier molecular flexibility index (Phi) is 5.03. The average Bonchev–Trinajstić information content (AvgIpc) is 2.86. The van der Waals surface area contributed by atoms with E-state index >= 15 is 0 Å². The Hall–Kier alpha value is -2.74. The first-order valence-corrected chi connectivity index (χ1v) is 9.58. The molecule has 0 aromatic heterocycles. The topological polar surface area (TPSA) is 87.6 Å². The molecule has 0 radical (unpaired) electrons.